The number of methoxy groups -OCH3 is 1. The number of ether oxygens (including phenoxy) is 1. The summed E-state index contributed by atoms with van der Waals surface area (Å²) in [5, 5.41) is 4.40. The zero-order valence-corrected chi connectivity index (χ0v) is 17.5. The van der Waals surface area contributed by atoms with Crippen LogP contribution in [0.5, 0.6) is 5.75 Å². The van der Waals surface area contributed by atoms with E-state index in [0.29, 0.717) is 0 Å². The smallest absolute Gasteiger partial charge is 0.169 e. The summed E-state index contributed by atoms with van der Waals surface area (Å²) >= 11 is 3.57. The van der Waals surface area contributed by atoms with Gasteiger partial charge in [0.2, 0.25) is 0 Å². The number of aromatic nitrogens is 3. The Hall–Kier alpha value is -2.41. The third-order valence-corrected chi connectivity index (χ3v) is 7.15. The number of aryl methyl sites for hydroxylation is 1. The molecule has 1 aromatic carbocycles. The molecule has 0 bridgehead atoms. The molecule has 3 heterocycles. The fourth-order valence-electron chi connectivity index (χ4n) is 4.68. The van der Waals surface area contributed by atoms with Crippen LogP contribution in [0.4, 0.5) is 5.82 Å². The van der Waals surface area contributed by atoms with E-state index in [1.54, 1.807) is 13.3 Å². The molecule has 3 aromatic rings. The highest BCUT2D eigenvalue weighted by Gasteiger charge is 2.48. The Bertz CT molecular complexity index is 1100. The van der Waals surface area contributed by atoms with Crippen LogP contribution in [0.1, 0.15) is 34.5 Å². The van der Waals surface area contributed by atoms with Crippen molar-refractivity contribution in [3.63, 3.8) is 0 Å². The van der Waals surface area contributed by atoms with Gasteiger partial charge in [0.15, 0.2) is 11.6 Å². The molecule has 1 aliphatic heterocycles. The van der Waals surface area contributed by atoms with Crippen LogP contribution in [0.2, 0.25) is 0 Å². The van der Waals surface area contributed by atoms with Gasteiger partial charge in [0, 0.05) is 29.6 Å². The normalized spacial score (nSPS) is 18.1. The van der Waals surface area contributed by atoms with Crippen LogP contribution in [0.3, 0.4) is 0 Å². The molecule has 0 unspecified atom stereocenters. The van der Waals surface area contributed by atoms with Crippen LogP contribution < -0.4 is 9.64 Å². The first-order valence-electron chi connectivity index (χ1n) is 9.49. The molecular weight excluding hydrogens is 420 g/mol. The predicted molar refractivity (Wildman–Crippen MR) is 110 cm³/mol. The maximum atomic E-state index is 13.2. The summed E-state index contributed by atoms with van der Waals surface area (Å²) in [6, 6.07) is 7.79. The average molecular weight is 441 g/mol. The van der Waals surface area contributed by atoms with Gasteiger partial charge >= 0.3 is 0 Å². The first kappa shape index (κ1) is 17.7. The number of Topliss-reactive ketones (excluding diaryl/α,β-unsaturated/α-hetero) is 1. The second-order valence-corrected chi connectivity index (χ2v) is 8.45. The zero-order chi connectivity index (χ0) is 19.5. The van der Waals surface area contributed by atoms with Gasteiger partial charge in [-0.25, -0.2) is 9.50 Å². The van der Waals surface area contributed by atoms with Crippen molar-refractivity contribution in [2.24, 2.45) is 5.41 Å². The number of rotatable bonds is 2. The molecule has 144 valence electrons. The van der Waals surface area contributed by atoms with Crippen molar-refractivity contribution < 1.29 is 9.53 Å². The van der Waals surface area contributed by atoms with Gasteiger partial charge in [-0.1, -0.05) is 12.1 Å². The van der Waals surface area contributed by atoms with Crippen molar-refractivity contribution in [2.45, 2.75) is 26.2 Å². The van der Waals surface area contributed by atoms with Gasteiger partial charge in [0.25, 0.3) is 0 Å². The molecule has 0 atom stereocenters. The number of hydrogen-bond donors (Lipinski definition) is 0. The molecule has 6 nitrogen and oxygen atoms in total. The molecule has 2 aliphatic rings. The standard InChI is InChI=1S/C21H21BrN4O2/c1-13-19(22)26-16(6-9-23-26)20(24-13)25-10-7-21(8-11-25)12-15-14(18(21)27)4-3-5-17(15)28-2/h3-6,9H,7-8,10-12H2,1-2H3. The van der Waals surface area contributed by atoms with Crippen LogP contribution in [-0.4, -0.2) is 40.6 Å². The Morgan fingerprint density at radius 2 is 2.00 bits per heavy atom. The molecule has 0 N–H and O–H groups in total. The van der Waals surface area contributed by atoms with Gasteiger partial charge in [-0.3, -0.25) is 4.79 Å². The maximum absolute atomic E-state index is 13.2. The van der Waals surface area contributed by atoms with Crippen molar-refractivity contribution in [2.75, 3.05) is 25.1 Å². The van der Waals surface area contributed by atoms with Crippen molar-refractivity contribution >= 4 is 33.0 Å². The minimum Gasteiger partial charge on any atom is -0.496 e. The average Bonchev–Trinajstić information content (AvgIpc) is 3.30. The second-order valence-electron chi connectivity index (χ2n) is 7.70. The molecule has 0 radical (unpaired) electrons. The highest BCUT2D eigenvalue weighted by Crippen LogP contribution is 2.47. The molecule has 0 amide bonds. The summed E-state index contributed by atoms with van der Waals surface area (Å²) in [7, 11) is 1.67. The largest absolute Gasteiger partial charge is 0.496 e. The predicted octanol–water partition coefficient (Wildman–Crippen LogP) is 3.83. The lowest BCUT2D eigenvalue weighted by molar-refractivity contribution is 0.0774. The zero-order valence-electron chi connectivity index (χ0n) is 15.9. The SMILES string of the molecule is COc1cccc2c1CC1(CCN(c3nc(C)c(Br)n4nccc34)CC1)C2=O. The first-order valence-corrected chi connectivity index (χ1v) is 10.3. The van der Waals surface area contributed by atoms with Gasteiger partial charge in [-0.2, -0.15) is 5.10 Å². The lowest BCUT2D eigenvalue weighted by Crippen LogP contribution is -2.43. The Morgan fingerprint density at radius 3 is 2.75 bits per heavy atom. The third-order valence-electron chi connectivity index (χ3n) is 6.24. The number of carbonyl (C=O) groups excluding carboxylic acids is 1. The molecule has 5 rings (SSSR count). The van der Waals surface area contributed by atoms with E-state index < -0.39 is 0 Å². The number of anilines is 1. The molecule has 1 fully saturated rings. The topological polar surface area (TPSA) is 59.7 Å². The Morgan fingerprint density at radius 1 is 1.21 bits per heavy atom. The highest BCUT2D eigenvalue weighted by atomic mass is 79.9. The Balaban J connectivity index is 1.45. The minimum absolute atomic E-state index is 0.274. The van der Waals surface area contributed by atoms with E-state index in [2.05, 4.69) is 25.9 Å². The molecule has 1 saturated heterocycles. The summed E-state index contributed by atoms with van der Waals surface area (Å²) < 4.78 is 8.26. The molecule has 1 aliphatic carbocycles. The van der Waals surface area contributed by atoms with Gasteiger partial charge in [0.05, 0.1) is 19.0 Å². The molecule has 28 heavy (non-hydrogen) atoms. The van der Waals surface area contributed by atoms with E-state index in [1.807, 2.05) is 35.7 Å². The van der Waals surface area contributed by atoms with Gasteiger partial charge < -0.3 is 9.64 Å². The Labute approximate surface area is 171 Å². The molecular formula is C21H21BrN4O2. The summed E-state index contributed by atoms with van der Waals surface area (Å²) in [5.74, 6) is 2.04. The number of fused-ring (bicyclic) bond motifs is 2. The van der Waals surface area contributed by atoms with E-state index in [0.717, 1.165) is 70.9 Å². The number of halogens is 1. The summed E-state index contributed by atoms with van der Waals surface area (Å²) in [6.45, 7) is 3.58. The van der Waals surface area contributed by atoms with E-state index in [4.69, 9.17) is 9.72 Å². The van der Waals surface area contributed by atoms with Gasteiger partial charge in [-0.15, -0.1) is 0 Å². The van der Waals surface area contributed by atoms with Crippen LogP contribution >= 0.6 is 15.9 Å². The molecule has 0 saturated carbocycles. The van der Waals surface area contributed by atoms with E-state index in [-0.39, 0.29) is 11.2 Å². The molecule has 2 aromatic heterocycles. The van der Waals surface area contributed by atoms with Crippen molar-refractivity contribution in [3.8, 4) is 5.75 Å². The number of piperidine rings is 1. The lowest BCUT2D eigenvalue weighted by atomic mass is 9.75. The summed E-state index contributed by atoms with van der Waals surface area (Å²) in [5.41, 5.74) is 3.48. The van der Waals surface area contributed by atoms with E-state index >= 15 is 0 Å². The summed E-state index contributed by atoms with van der Waals surface area (Å²) in [4.78, 5) is 20.3. The number of nitrogens with zero attached hydrogens (tertiary/aromatic N) is 4. The Kier molecular flexibility index (Phi) is 3.98. The number of hydrogen-bond acceptors (Lipinski definition) is 5. The maximum Gasteiger partial charge on any atom is 0.169 e. The molecule has 1 spiro atoms. The lowest BCUT2D eigenvalue weighted by Gasteiger charge is -2.39. The van der Waals surface area contributed by atoms with Crippen molar-refractivity contribution in [1.29, 1.82) is 0 Å². The third kappa shape index (κ3) is 2.42. The highest BCUT2D eigenvalue weighted by molar-refractivity contribution is 9.10. The van der Waals surface area contributed by atoms with Crippen LogP contribution in [0.25, 0.3) is 5.52 Å². The molecule has 7 heteroatoms. The van der Waals surface area contributed by atoms with Crippen LogP contribution in [0, 0.1) is 12.3 Å². The van der Waals surface area contributed by atoms with Crippen LogP contribution in [-0.2, 0) is 6.42 Å². The second kappa shape index (κ2) is 6.30. The monoisotopic (exact) mass is 440 g/mol. The summed E-state index contributed by atoms with van der Waals surface area (Å²) in [6.07, 6.45) is 4.20. The van der Waals surface area contributed by atoms with E-state index in [9.17, 15) is 4.79 Å². The fourth-order valence-corrected chi connectivity index (χ4v) is 5.06. The van der Waals surface area contributed by atoms with Gasteiger partial charge in [0.1, 0.15) is 15.9 Å². The van der Waals surface area contributed by atoms with Crippen molar-refractivity contribution in [3.05, 3.63) is 51.9 Å². The van der Waals surface area contributed by atoms with E-state index in [1.165, 1.54) is 0 Å². The number of benzene rings is 1. The first-order chi connectivity index (χ1) is 13.5. The van der Waals surface area contributed by atoms with Gasteiger partial charge in [-0.05, 0) is 54.2 Å². The number of ketones is 1. The number of carbonyl (C=O) groups is 1. The fraction of sp³-hybridized carbons (Fsp3) is 0.381. The van der Waals surface area contributed by atoms with Crippen LogP contribution in [0.15, 0.2) is 35.1 Å². The minimum atomic E-state index is -0.311. The quantitative estimate of drug-likeness (QED) is 0.605. The van der Waals surface area contributed by atoms with Crippen molar-refractivity contribution in [1.82, 2.24) is 14.6 Å².